The molecule has 5 rings (SSSR count). The number of halogens is 3. The third kappa shape index (κ3) is 7.57. The molecule has 48 heavy (non-hydrogen) atoms. The van der Waals surface area contributed by atoms with Crippen LogP contribution in [0.15, 0.2) is 84.9 Å². The molecule has 0 spiro atoms. The van der Waals surface area contributed by atoms with E-state index >= 15 is 0 Å². The van der Waals surface area contributed by atoms with Crippen molar-refractivity contribution in [1.82, 2.24) is 15.1 Å². The number of alkyl halides is 3. The molecule has 13 heteroatoms. The summed E-state index contributed by atoms with van der Waals surface area (Å²) >= 11 is 0. The van der Waals surface area contributed by atoms with Gasteiger partial charge in [0.2, 0.25) is 11.8 Å². The summed E-state index contributed by atoms with van der Waals surface area (Å²) in [6, 6.07) is 25.4. The van der Waals surface area contributed by atoms with E-state index in [2.05, 4.69) is 5.32 Å². The summed E-state index contributed by atoms with van der Waals surface area (Å²) in [4.78, 5) is 67.1. The molecule has 0 aliphatic carbocycles. The molecule has 4 atom stereocenters. The third-order valence-corrected chi connectivity index (χ3v) is 8.54. The van der Waals surface area contributed by atoms with Crippen LogP contribution in [0.4, 0.5) is 13.2 Å². The lowest BCUT2D eigenvalue weighted by molar-refractivity contribution is -0.192. The van der Waals surface area contributed by atoms with Gasteiger partial charge in [-0.2, -0.15) is 13.2 Å². The normalized spacial score (nSPS) is 21.6. The summed E-state index contributed by atoms with van der Waals surface area (Å²) < 4.78 is 37.0. The van der Waals surface area contributed by atoms with Crippen LogP contribution in [0.1, 0.15) is 34.0 Å². The Morgan fingerprint density at radius 1 is 0.917 bits per heavy atom. The number of hydrogen-bond donors (Lipinski definition) is 2. The van der Waals surface area contributed by atoms with Crippen molar-refractivity contribution in [2.24, 2.45) is 11.8 Å². The number of imide groups is 1. The number of likely N-dealkylation sites (N-methyl/N-ethyl adjacent to an activating group) is 1. The SMILES string of the molecule is CCN(C[C@H]1N[C@@](Cc2ccccc2)(C(=O)OC)[C@H]2C(=O)N(Cc3ccccc3)C(=O)[C@@H]12)C(=O)c1ccc(C)cc1.O=C(O)C(F)(F)F. The maximum Gasteiger partial charge on any atom is 0.490 e. The first-order chi connectivity index (χ1) is 22.7. The number of aryl methyl sites for hydroxylation is 1. The summed E-state index contributed by atoms with van der Waals surface area (Å²) in [6.45, 7) is 4.48. The van der Waals surface area contributed by atoms with Crippen molar-refractivity contribution in [2.75, 3.05) is 20.2 Å². The zero-order valence-electron chi connectivity index (χ0n) is 26.6. The molecular formula is C35H36F3N3O7. The summed E-state index contributed by atoms with van der Waals surface area (Å²) in [6.07, 6.45) is -4.92. The van der Waals surface area contributed by atoms with E-state index in [4.69, 9.17) is 14.6 Å². The number of aliphatic carboxylic acids is 1. The number of nitrogens with zero attached hydrogens (tertiary/aromatic N) is 2. The molecule has 0 unspecified atom stereocenters. The number of carboxylic acids is 1. The molecule has 0 aromatic heterocycles. The van der Waals surface area contributed by atoms with E-state index in [1.165, 1.54) is 12.0 Å². The van der Waals surface area contributed by atoms with Crippen LogP contribution in [-0.2, 0) is 36.9 Å². The quantitative estimate of drug-likeness (QED) is 0.259. The Balaban J connectivity index is 0.000000671. The highest BCUT2D eigenvalue weighted by Crippen LogP contribution is 2.46. The van der Waals surface area contributed by atoms with Gasteiger partial charge in [0.25, 0.3) is 5.91 Å². The van der Waals surface area contributed by atoms with Crippen LogP contribution < -0.4 is 5.32 Å². The molecule has 2 N–H and O–H groups in total. The molecule has 0 bridgehead atoms. The molecule has 2 saturated heterocycles. The largest absolute Gasteiger partial charge is 0.490 e. The van der Waals surface area contributed by atoms with Gasteiger partial charge in [-0.05, 0) is 37.1 Å². The Bertz CT molecular complexity index is 1630. The number of carbonyl (C=O) groups excluding carboxylic acids is 4. The van der Waals surface area contributed by atoms with E-state index in [1.807, 2.05) is 86.6 Å². The Hall–Kier alpha value is -5.04. The zero-order valence-corrected chi connectivity index (χ0v) is 26.6. The molecule has 0 saturated carbocycles. The monoisotopic (exact) mass is 667 g/mol. The molecule has 3 aromatic carbocycles. The number of carboxylic acid groups (broad SMARTS) is 1. The number of fused-ring (bicyclic) bond motifs is 1. The smallest absolute Gasteiger partial charge is 0.475 e. The van der Waals surface area contributed by atoms with Gasteiger partial charge in [0, 0.05) is 31.1 Å². The van der Waals surface area contributed by atoms with E-state index < -0.39 is 47.4 Å². The highest BCUT2D eigenvalue weighted by atomic mass is 19.4. The number of nitrogens with one attached hydrogen (secondary N) is 1. The highest BCUT2D eigenvalue weighted by Gasteiger charge is 2.68. The molecule has 2 aliphatic heterocycles. The van der Waals surface area contributed by atoms with E-state index in [0.717, 1.165) is 16.7 Å². The van der Waals surface area contributed by atoms with Crippen LogP contribution >= 0.6 is 0 Å². The lowest BCUT2D eigenvalue weighted by Crippen LogP contribution is -2.59. The van der Waals surface area contributed by atoms with E-state index in [-0.39, 0.29) is 31.3 Å². The molecule has 2 aliphatic rings. The van der Waals surface area contributed by atoms with E-state index in [9.17, 15) is 32.3 Å². The van der Waals surface area contributed by atoms with Crippen LogP contribution in [0.25, 0.3) is 0 Å². The van der Waals surface area contributed by atoms with Crippen molar-refractivity contribution in [2.45, 2.75) is 44.6 Å². The fourth-order valence-electron chi connectivity index (χ4n) is 6.26. The van der Waals surface area contributed by atoms with Crippen LogP contribution in [0.5, 0.6) is 0 Å². The second kappa shape index (κ2) is 14.8. The van der Waals surface area contributed by atoms with Crippen molar-refractivity contribution in [3.8, 4) is 0 Å². The molecule has 3 amide bonds. The number of rotatable bonds is 9. The predicted molar refractivity (Wildman–Crippen MR) is 167 cm³/mol. The van der Waals surface area contributed by atoms with Crippen LogP contribution in [0.3, 0.4) is 0 Å². The molecule has 3 aromatic rings. The van der Waals surface area contributed by atoms with Gasteiger partial charge in [-0.1, -0.05) is 78.4 Å². The number of amides is 3. The van der Waals surface area contributed by atoms with Gasteiger partial charge in [0.1, 0.15) is 5.54 Å². The second-order valence-corrected chi connectivity index (χ2v) is 11.6. The molecule has 254 valence electrons. The molecule has 2 heterocycles. The Morgan fingerprint density at radius 3 is 1.96 bits per heavy atom. The summed E-state index contributed by atoms with van der Waals surface area (Å²) in [5.41, 5.74) is 1.75. The Kier molecular flexibility index (Phi) is 11.0. The highest BCUT2D eigenvalue weighted by molar-refractivity contribution is 6.09. The topological polar surface area (TPSA) is 133 Å². The number of esters is 1. The maximum absolute atomic E-state index is 14.1. The van der Waals surface area contributed by atoms with Gasteiger partial charge >= 0.3 is 18.1 Å². The standard InChI is InChI=1S/C33H35N3O5.C2HF3O2/c1-4-35(29(37)25-17-15-22(2)16-18-25)21-26-27-28(31(39)36(30(27)38)20-24-13-9-6-10-14-24)33(34-26,32(40)41-3)19-23-11-7-5-8-12-23;3-2(4,5)1(6)7/h5-18,26-28,34H,4,19-21H2,1-3H3;(H,6,7)/t26-,27+,28-,33-;/m1./s1. The lowest BCUT2D eigenvalue weighted by atomic mass is 9.76. The minimum Gasteiger partial charge on any atom is -0.475 e. The summed E-state index contributed by atoms with van der Waals surface area (Å²) in [7, 11) is 1.29. The number of methoxy groups -OCH3 is 1. The third-order valence-electron chi connectivity index (χ3n) is 8.54. The van der Waals surface area contributed by atoms with Crippen molar-refractivity contribution in [3.63, 3.8) is 0 Å². The van der Waals surface area contributed by atoms with Gasteiger partial charge in [-0.15, -0.1) is 0 Å². The fourth-order valence-corrected chi connectivity index (χ4v) is 6.26. The Morgan fingerprint density at radius 2 is 1.46 bits per heavy atom. The van der Waals surface area contributed by atoms with Gasteiger partial charge in [0.05, 0.1) is 25.5 Å². The van der Waals surface area contributed by atoms with Crippen molar-refractivity contribution in [3.05, 3.63) is 107 Å². The zero-order chi connectivity index (χ0) is 35.2. The minimum atomic E-state index is -5.08. The lowest BCUT2D eigenvalue weighted by Gasteiger charge is -2.33. The molecule has 10 nitrogen and oxygen atoms in total. The van der Waals surface area contributed by atoms with Crippen molar-refractivity contribution in [1.29, 1.82) is 0 Å². The molecule has 2 fully saturated rings. The van der Waals surface area contributed by atoms with Crippen molar-refractivity contribution >= 4 is 29.7 Å². The first-order valence-electron chi connectivity index (χ1n) is 15.2. The minimum absolute atomic E-state index is 0.112. The van der Waals surface area contributed by atoms with Gasteiger partial charge in [0.15, 0.2) is 0 Å². The number of ether oxygens (including phenoxy) is 1. The first-order valence-corrected chi connectivity index (χ1v) is 15.2. The number of hydrogen-bond acceptors (Lipinski definition) is 7. The fraction of sp³-hybridized carbons (Fsp3) is 0.343. The van der Waals surface area contributed by atoms with Gasteiger partial charge in [-0.3, -0.25) is 29.4 Å². The summed E-state index contributed by atoms with van der Waals surface area (Å²) in [5.74, 6) is -6.12. The molecular weight excluding hydrogens is 631 g/mol. The van der Waals surface area contributed by atoms with E-state index in [1.54, 1.807) is 17.0 Å². The predicted octanol–water partition coefficient (Wildman–Crippen LogP) is 4.02. The van der Waals surface area contributed by atoms with Crippen LogP contribution in [0.2, 0.25) is 0 Å². The van der Waals surface area contributed by atoms with Gasteiger partial charge in [-0.25, -0.2) is 4.79 Å². The van der Waals surface area contributed by atoms with Gasteiger partial charge < -0.3 is 14.7 Å². The maximum atomic E-state index is 14.1. The van der Waals surface area contributed by atoms with E-state index in [0.29, 0.717) is 12.1 Å². The van der Waals surface area contributed by atoms with Crippen LogP contribution in [0, 0.1) is 18.8 Å². The van der Waals surface area contributed by atoms with Crippen LogP contribution in [-0.4, -0.2) is 82.5 Å². The first kappa shape index (κ1) is 35.8. The van der Waals surface area contributed by atoms with Crippen molar-refractivity contribution < 1.29 is 47.0 Å². The average molecular weight is 668 g/mol. The second-order valence-electron chi connectivity index (χ2n) is 11.6. The number of carbonyl (C=O) groups is 5. The number of benzene rings is 3. The average Bonchev–Trinajstić information content (AvgIpc) is 3.52. The molecule has 0 radical (unpaired) electrons. The summed E-state index contributed by atoms with van der Waals surface area (Å²) in [5, 5.41) is 10.5. The number of likely N-dealkylation sites (tertiary alicyclic amines) is 1. The Labute approximate surface area is 275 Å².